The first-order chi connectivity index (χ1) is 14.5. The Hall–Kier alpha value is -3.21. The molecule has 0 radical (unpaired) electrons. The van der Waals surface area contributed by atoms with Gasteiger partial charge in [-0.2, -0.15) is 10.5 Å². The van der Waals surface area contributed by atoms with E-state index in [1.807, 2.05) is 55.5 Å². The summed E-state index contributed by atoms with van der Waals surface area (Å²) in [5.74, 6) is -0.440. The Morgan fingerprint density at radius 3 is 2.30 bits per heavy atom. The van der Waals surface area contributed by atoms with Crippen LogP contribution in [0, 0.1) is 33.5 Å². The molecule has 1 aliphatic rings. The number of carbonyl (C=O) groups excluding carboxylic acids is 1. The second kappa shape index (κ2) is 9.08. The van der Waals surface area contributed by atoms with Gasteiger partial charge in [0.05, 0.1) is 12.1 Å². The third-order valence-electron chi connectivity index (χ3n) is 6.22. The fourth-order valence-electron chi connectivity index (χ4n) is 4.84. The van der Waals surface area contributed by atoms with Crippen LogP contribution >= 0.6 is 0 Å². The Labute approximate surface area is 179 Å². The monoisotopic (exact) mass is 397 g/mol. The molecule has 0 amide bonds. The van der Waals surface area contributed by atoms with E-state index in [9.17, 15) is 15.3 Å². The fourth-order valence-corrected chi connectivity index (χ4v) is 4.84. The number of nitriles is 2. The normalized spacial score (nSPS) is 20.7. The average molecular weight is 398 g/mol. The van der Waals surface area contributed by atoms with E-state index in [0.717, 1.165) is 12.1 Å². The van der Waals surface area contributed by atoms with Gasteiger partial charge in [0.15, 0.2) is 5.41 Å². The summed E-state index contributed by atoms with van der Waals surface area (Å²) in [6.45, 7) is 7.62. The van der Waals surface area contributed by atoms with Gasteiger partial charge in [0.2, 0.25) is 0 Å². The lowest BCUT2D eigenvalue weighted by Crippen LogP contribution is -2.53. The molecule has 0 unspecified atom stereocenters. The number of rotatable bonds is 7. The van der Waals surface area contributed by atoms with Crippen LogP contribution in [0.2, 0.25) is 0 Å². The quantitative estimate of drug-likeness (QED) is 0.626. The van der Waals surface area contributed by atoms with Gasteiger partial charge in [-0.15, -0.1) is 6.58 Å². The minimum Gasteiger partial charge on any atom is -0.299 e. The molecule has 1 aliphatic heterocycles. The number of benzene rings is 2. The molecule has 30 heavy (non-hydrogen) atoms. The predicted octanol–water partition coefficient (Wildman–Crippen LogP) is 4.86. The maximum atomic E-state index is 13.3. The molecule has 2 atom stereocenters. The van der Waals surface area contributed by atoms with E-state index in [1.165, 1.54) is 5.56 Å². The number of likely N-dealkylation sites (tertiary alicyclic amines) is 1. The molecule has 1 saturated heterocycles. The van der Waals surface area contributed by atoms with Crippen molar-refractivity contribution in [3.63, 3.8) is 0 Å². The standard InChI is InChI=1S/C26H27N3O/c1-3-15-26(18-27,19-28)24(22-12-8-5-9-13-22)25(2)20-29(16-14-23(25)30)17-21-10-6-4-7-11-21/h3-13,24H,1,14-17,20H2,2H3/t24-,25-/m0/s1. The second-order valence-corrected chi connectivity index (χ2v) is 8.32. The highest BCUT2D eigenvalue weighted by Crippen LogP contribution is 2.52. The smallest absolute Gasteiger partial charge is 0.155 e. The van der Waals surface area contributed by atoms with Gasteiger partial charge in [0.25, 0.3) is 0 Å². The summed E-state index contributed by atoms with van der Waals surface area (Å²) in [5, 5.41) is 20.3. The van der Waals surface area contributed by atoms with Gasteiger partial charge in [-0.3, -0.25) is 9.69 Å². The molecule has 2 aromatic rings. The van der Waals surface area contributed by atoms with Crippen LogP contribution in [0.5, 0.6) is 0 Å². The molecule has 0 bridgehead atoms. The van der Waals surface area contributed by atoms with Gasteiger partial charge in [0, 0.05) is 37.4 Å². The third-order valence-corrected chi connectivity index (χ3v) is 6.22. The minimum atomic E-state index is -1.36. The van der Waals surface area contributed by atoms with Crippen molar-refractivity contribution in [2.24, 2.45) is 10.8 Å². The van der Waals surface area contributed by atoms with Gasteiger partial charge < -0.3 is 0 Å². The van der Waals surface area contributed by atoms with E-state index in [4.69, 9.17) is 0 Å². The van der Waals surface area contributed by atoms with Crippen LogP contribution in [0.3, 0.4) is 0 Å². The molecule has 1 fully saturated rings. The summed E-state index contributed by atoms with van der Waals surface area (Å²) in [4.78, 5) is 15.6. The highest BCUT2D eigenvalue weighted by Gasteiger charge is 2.55. The number of Topliss-reactive ketones (excluding diaryl/α,β-unsaturated/α-hetero) is 1. The lowest BCUT2D eigenvalue weighted by atomic mass is 9.57. The molecule has 4 nitrogen and oxygen atoms in total. The largest absolute Gasteiger partial charge is 0.299 e. The Morgan fingerprint density at radius 1 is 1.13 bits per heavy atom. The van der Waals surface area contributed by atoms with E-state index in [-0.39, 0.29) is 12.2 Å². The Kier molecular flexibility index (Phi) is 6.50. The van der Waals surface area contributed by atoms with Crippen LogP contribution < -0.4 is 0 Å². The molecule has 4 heteroatoms. The van der Waals surface area contributed by atoms with E-state index in [2.05, 4.69) is 35.8 Å². The van der Waals surface area contributed by atoms with Crippen molar-refractivity contribution in [1.82, 2.24) is 4.90 Å². The second-order valence-electron chi connectivity index (χ2n) is 8.32. The molecular weight excluding hydrogens is 370 g/mol. The van der Waals surface area contributed by atoms with Crippen LogP contribution in [0.1, 0.15) is 36.8 Å². The fraction of sp³-hybridized carbons (Fsp3) is 0.346. The van der Waals surface area contributed by atoms with Crippen LogP contribution in [-0.4, -0.2) is 23.8 Å². The van der Waals surface area contributed by atoms with Gasteiger partial charge in [-0.25, -0.2) is 0 Å². The van der Waals surface area contributed by atoms with Crippen LogP contribution in [0.4, 0.5) is 0 Å². The van der Waals surface area contributed by atoms with Crippen molar-refractivity contribution in [1.29, 1.82) is 10.5 Å². The molecule has 3 rings (SSSR count). The number of carbonyl (C=O) groups is 1. The molecule has 0 aliphatic carbocycles. The number of piperidine rings is 1. The summed E-state index contributed by atoms with van der Waals surface area (Å²) in [6, 6.07) is 24.2. The van der Waals surface area contributed by atoms with E-state index in [1.54, 1.807) is 6.08 Å². The van der Waals surface area contributed by atoms with Crippen LogP contribution in [0.25, 0.3) is 0 Å². The number of allylic oxidation sites excluding steroid dienone is 1. The Bertz CT molecular complexity index is 957. The third kappa shape index (κ3) is 4.06. The topological polar surface area (TPSA) is 67.9 Å². The minimum absolute atomic E-state index is 0.111. The van der Waals surface area contributed by atoms with E-state index < -0.39 is 16.7 Å². The average Bonchev–Trinajstić information content (AvgIpc) is 2.77. The molecule has 1 heterocycles. The summed E-state index contributed by atoms with van der Waals surface area (Å²) >= 11 is 0. The molecule has 0 N–H and O–H groups in total. The molecular formula is C26H27N3O. The van der Waals surface area contributed by atoms with Crippen molar-refractivity contribution in [2.75, 3.05) is 13.1 Å². The lowest BCUT2D eigenvalue weighted by Gasteiger charge is -2.47. The van der Waals surface area contributed by atoms with Crippen LogP contribution in [-0.2, 0) is 11.3 Å². The maximum Gasteiger partial charge on any atom is 0.155 e. The molecule has 2 aromatic carbocycles. The number of nitrogens with zero attached hydrogens (tertiary/aromatic N) is 3. The molecule has 0 spiro atoms. The van der Waals surface area contributed by atoms with Gasteiger partial charge >= 0.3 is 0 Å². The van der Waals surface area contributed by atoms with E-state index >= 15 is 0 Å². The summed E-state index contributed by atoms with van der Waals surface area (Å²) in [5.41, 5.74) is -0.185. The van der Waals surface area contributed by atoms with Crippen molar-refractivity contribution in [2.45, 2.75) is 32.2 Å². The first kappa shape index (κ1) is 21.5. The van der Waals surface area contributed by atoms with Gasteiger partial charge in [0.1, 0.15) is 5.78 Å². The summed E-state index contributed by atoms with van der Waals surface area (Å²) in [6.07, 6.45) is 2.23. The molecule has 0 aromatic heterocycles. The number of ketones is 1. The Morgan fingerprint density at radius 2 is 1.73 bits per heavy atom. The zero-order valence-electron chi connectivity index (χ0n) is 17.4. The van der Waals surface area contributed by atoms with E-state index in [0.29, 0.717) is 19.5 Å². The lowest BCUT2D eigenvalue weighted by molar-refractivity contribution is -0.136. The zero-order valence-corrected chi connectivity index (χ0v) is 17.4. The maximum absolute atomic E-state index is 13.3. The van der Waals surface area contributed by atoms with Gasteiger partial charge in [-0.1, -0.05) is 73.7 Å². The Balaban J connectivity index is 2.06. The van der Waals surface area contributed by atoms with Crippen LogP contribution in [0.15, 0.2) is 73.3 Å². The number of hydrogen-bond acceptors (Lipinski definition) is 4. The first-order valence-corrected chi connectivity index (χ1v) is 10.3. The van der Waals surface area contributed by atoms with Crippen molar-refractivity contribution >= 4 is 5.78 Å². The van der Waals surface area contributed by atoms with Gasteiger partial charge in [-0.05, 0) is 17.5 Å². The highest BCUT2D eigenvalue weighted by molar-refractivity contribution is 5.87. The summed E-state index contributed by atoms with van der Waals surface area (Å²) < 4.78 is 0. The highest BCUT2D eigenvalue weighted by atomic mass is 16.1. The van der Waals surface area contributed by atoms with Crippen molar-refractivity contribution in [3.05, 3.63) is 84.4 Å². The zero-order chi connectivity index (χ0) is 21.6. The van der Waals surface area contributed by atoms with Crippen molar-refractivity contribution in [3.8, 4) is 12.1 Å². The number of hydrogen-bond donors (Lipinski definition) is 0. The SMILES string of the molecule is C=CCC(C#N)(C#N)[C@@H](c1ccccc1)[C@@]1(C)CN(Cc2ccccc2)CCC1=O. The molecule has 0 saturated carbocycles. The predicted molar refractivity (Wildman–Crippen MR) is 117 cm³/mol. The summed E-state index contributed by atoms with van der Waals surface area (Å²) in [7, 11) is 0. The van der Waals surface area contributed by atoms with Crippen molar-refractivity contribution < 1.29 is 4.79 Å². The first-order valence-electron chi connectivity index (χ1n) is 10.3. The molecule has 152 valence electrons.